The van der Waals surface area contributed by atoms with E-state index in [0.717, 1.165) is 18.8 Å². The zero-order valence-corrected chi connectivity index (χ0v) is 10.4. The average Bonchev–Trinajstić information content (AvgIpc) is 2.26. The van der Waals surface area contributed by atoms with Gasteiger partial charge in [-0.3, -0.25) is 0 Å². The normalized spacial score (nSPS) is 10.6. The maximum atomic E-state index is 5.97. The van der Waals surface area contributed by atoms with Crippen LogP contribution in [0.3, 0.4) is 0 Å². The van der Waals surface area contributed by atoms with E-state index in [1.807, 2.05) is 0 Å². The van der Waals surface area contributed by atoms with Crippen molar-refractivity contribution in [2.24, 2.45) is 0 Å². The zero-order valence-electron chi connectivity index (χ0n) is 10.4. The van der Waals surface area contributed by atoms with E-state index in [-0.39, 0.29) is 0 Å². The van der Waals surface area contributed by atoms with Gasteiger partial charge in [-0.05, 0) is 20.3 Å². The Labute approximate surface area is 96.6 Å². The first-order valence-electron chi connectivity index (χ1n) is 5.52. The van der Waals surface area contributed by atoms with Crippen molar-refractivity contribution in [2.75, 3.05) is 24.3 Å². The Kier molecular flexibility index (Phi) is 4.34. The molecule has 5 nitrogen and oxygen atoms in total. The molecule has 0 saturated heterocycles. The predicted octanol–water partition coefficient (Wildman–Crippen LogP) is 1.69. The molecule has 1 aromatic heterocycles. The van der Waals surface area contributed by atoms with Gasteiger partial charge in [-0.2, -0.15) is 4.98 Å². The maximum Gasteiger partial charge on any atom is 0.242 e. The van der Waals surface area contributed by atoms with Gasteiger partial charge in [-0.1, -0.05) is 6.92 Å². The quantitative estimate of drug-likeness (QED) is 0.824. The van der Waals surface area contributed by atoms with E-state index in [9.17, 15) is 0 Å². The number of anilines is 2. The van der Waals surface area contributed by atoms with Crippen LogP contribution < -0.4 is 15.4 Å². The van der Waals surface area contributed by atoms with Crippen LogP contribution in [0.25, 0.3) is 0 Å². The van der Waals surface area contributed by atoms with Crippen molar-refractivity contribution in [1.82, 2.24) is 9.97 Å². The molecule has 0 saturated carbocycles. The molecule has 90 valence electrons. The molecule has 0 amide bonds. The highest BCUT2D eigenvalue weighted by molar-refractivity contribution is 5.67. The predicted molar refractivity (Wildman–Crippen MR) is 65.8 cm³/mol. The fourth-order valence-electron chi connectivity index (χ4n) is 1.61. The Hall–Kier alpha value is -1.52. The van der Waals surface area contributed by atoms with Crippen LogP contribution in [-0.4, -0.2) is 29.7 Å². The summed E-state index contributed by atoms with van der Waals surface area (Å²) in [5, 5.41) is 0. The molecule has 2 N–H and O–H groups in total. The van der Waals surface area contributed by atoms with E-state index in [1.165, 1.54) is 6.33 Å². The van der Waals surface area contributed by atoms with Gasteiger partial charge in [0, 0.05) is 12.6 Å². The van der Waals surface area contributed by atoms with Gasteiger partial charge >= 0.3 is 0 Å². The van der Waals surface area contributed by atoms with Crippen molar-refractivity contribution in [1.29, 1.82) is 0 Å². The monoisotopic (exact) mass is 224 g/mol. The second kappa shape index (κ2) is 5.53. The number of ether oxygens (including phenoxy) is 1. The van der Waals surface area contributed by atoms with Crippen LogP contribution in [0.2, 0.25) is 0 Å². The lowest BCUT2D eigenvalue weighted by atomic mass is 10.2. The summed E-state index contributed by atoms with van der Waals surface area (Å²) in [5.74, 6) is 1.19. The summed E-state index contributed by atoms with van der Waals surface area (Å²) in [7, 11) is 1.56. The topological polar surface area (TPSA) is 64.3 Å². The van der Waals surface area contributed by atoms with E-state index in [4.69, 9.17) is 10.5 Å². The van der Waals surface area contributed by atoms with Crippen LogP contribution in [0.1, 0.15) is 27.2 Å². The first-order chi connectivity index (χ1) is 7.61. The molecule has 0 aliphatic heterocycles. The van der Waals surface area contributed by atoms with Gasteiger partial charge in [-0.15, -0.1) is 0 Å². The van der Waals surface area contributed by atoms with E-state index >= 15 is 0 Å². The third kappa shape index (κ3) is 2.53. The minimum absolute atomic E-state index is 0.349. The lowest BCUT2D eigenvalue weighted by Gasteiger charge is -2.28. The molecule has 0 aromatic carbocycles. The second-order valence-corrected chi connectivity index (χ2v) is 3.91. The SMILES string of the molecule is CCCN(c1ncnc(OC)c1N)C(C)C. The van der Waals surface area contributed by atoms with E-state index in [0.29, 0.717) is 17.6 Å². The Morgan fingerprint density at radius 1 is 1.44 bits per heavy atom. The molecular weight excluding hydrogens is 204 g/mol. The van der Waals surface area contributed by atoms with Crippen LogP contribution in [0.5, 0.6) is 5.88 Å². The summed E-state index contributed by atoms with van der Waals surface area (Å²) >= 11 is 0. The Bertz CT molecular complexity index is 341. The van der Waals surface area contributed by atoms with Crippen LogP contribution in [0, 0.1) is 0 Å². The molecule has 0 aliphatic rings. The fourth-order valence-corrected chi connectivity index (χ4v) is 1.61. The van der Waals surface area contributed by atoms with Crippen LogP contribution in [0.15, 0.2) is 6.33 Å². The summed E-state index contributed by atoms with van der Waals surface area (Å²) in [6, 6.07) is 0.349. The van der Waals surface area contributed by atoms with Gasteiger partial charge in [0.1, 0.15) is 12.0 Å². The van der Waals surface area contributed by atoms with Crippen molar-refractivity contribution in [3.63, 3.8) is 0 Å². The molecular formula is C11H20N4O. The molecule has 0 atom stereocenters. The van der Waals surface area contributed by atoms with Crippen molar-refractivity contribution >= 4 is 11.5 Å². The Balaban J connectivity index is 3.08. The van der Waals surface area contributed by atoms with Crippen molar-refractivity contribution in [3.05, 3.63) is 6.33 Å². The molecule has 0 bridgehead atoms. The number of methoxy groups -OCH3 is 1. The maximum absolute atomic E-state index is 5.97. The number of rotatable bonds is 5. The number of nitrogen functional groups attached to an aromatic ring is 1. The number of nitrogens with two attached hydrogens (primary N) is 1. The van der Waals surface area contributed by atoms with Gasteiger partial charge in [-0.25, -0.2) is 4.98 Å². The second-order valence-electron chi connectivity index (χ2n) is 3.91. The first-order valence-corrected chi connectivity index (χ1v) is 5.52. The smallest absolute Gasteiger partial charge is 0.242 e. The third-order valence-electron chi connectivity index (χ3n) is 2.38. The molecule has 1 rings (SSSR count). The molecule has 16 heavy (non-hydrogen) atoms. The highest BCUT2D eigenvalue weighted by atomic mass is 16.5. The fraction of sp³-hybridized carbons (Fsp3) is 0.636. The molecule has 0 radical (unpaired) electrons. The van der Waals surface area contributed by atoms with Gasteiger partial charge in [0.2, 0.25) is 5.88 Å². The molecule has 0 aliphatic carbocycles. The van der Waals surface area contributed by atoms with Crippen molar-refractivity contribution < 1.29 is 4.74 Å². The Morgan fingerprint density at radius 3 is 2.62 bits per heavy atom. The summed E-state index contributed by atoms with van der Waals surface area (Å²) < 4.78 is 5.09. The minimum atomic E-state index is 0.349. The highest BCUT2D eigenvalue weighted by Crippen LogP contribution is 2.28. The summed E-state index contributed by atoms with van der Waals surface area (Å²) in [6.45, 7) is 7.28. The summed E-state index contributed by atoms with van der Waals surface area (Å²) in [4.78, 5) is 10.4. The lowest BCUT2D eigenvalue weighted by molar-refractivity contribution is 0.399. The van der Waals surface area contributed by atoms with E-state index in [2.05, 4.69) is 35.6 Å². The van der Waals surface area contributed by atoms with Gasteiger partial charge in [0.25, 0.3) is 0 Å². The highest BCUT2D eigenvalue weighted by Gasteiger charge is 2.17. The molecule has 0 unspecified atom stereocenters. The Morgan fingerprint density at radius 2 is 2.12 bits per heavy atom. The first kappa shape index (κ1) is 12.5. The van der Waals surface area contributed by atoms with E-state index in [1.54, 1.807) is 7.11 Å². The molecule has 0 spiro atoms. The van der Waals surface area contributed by atoms with Gasteiger partial charge in [0.15, 0.2) is 5.82 Å². The molecule has 5 heteroatoms. The number of hydrogen-bond acceptors (Lipinski definition) is 5. The zero-order chi connectivity index (χ0) is 12.1. The number of nitrogens with zero attached hydrogens (tertiary/aromatic N) is 3. The van der Waals surface area contributed by atoms with Crippen molar-refractivity contribution in [2.45, 2.75) is 33.2 Å². The number of aromatic nitrogens is 2. The standard InChI is InChI=1S/C11H20N4O/c1-5-6-15(8(2)3)10-9(12)11(16-4)14-7-13-10/h7-8H,5-6,12H2,1-4H3. The summed E-state index contributed by atoms with van der Waals surface area (Å²) in [6.07, 6.45) is 2.53. The van der Waals surface area contributed by atoms with Crippen LogP contribution in [0.4, 0.5) is 11.5 Å². The van der Waals surface area contributed by atoms with E-state index < -0.39 is 0 Å². The average molecular weight is 224 g/mol. The third-order valence-corrected chi connectivity index (χ3v) is 2.38. The van der Waals surface area contributed by atoms with Gasteiger partial charge in [0.05, 0.1) is 7.11 Å². The van der Waals surface area contributed by atoms with Crippen LogP contribution >= 0.6 is 0 Å². The van der Waals surface area contributed by atoms with Crippen LogP contribution in [-0.2, 0) is 0 Å². The summed E-state index contributed by atoms with van der Waals surface area (Å²) in [5.41, 5.74) is 6.48. The molecule has 1 heterocycles. The lowest BCUT2D eigenvalue weighted by Crippen LogP contribution is -2.33. The largest absolute Gasteiger partial charge is 0.479 e. The molecule has 1 aromatic rings. The molecule has 0 fully saturated rings. The van der Waals surface area contributed by atoms with Crippen molar-refractivity contribution in [3.8, 4) is 5.88 Å². The van der Waals surface area contributed by atoms with Gasteiger partial charge < -0.3 is 15.4 Å². The minimum Gasteiger partial charge on any atom is -0.479 e. The number of hydrogen-bond donors (Lipinski definition) is 1.